The van der Waals surface area contributed by atoms with E-state index in [1.165, 1.54) is 16.5 Å². The Morgan fingerprint density at radius 1 is 0.897 bits per heavy atom. The maximum absolute atomic E-state index is 13.4. The lowest BCUT2D eigenvalue weighted by atomic mass is 9.94. The van der Waals surface area contributed by atoms with Crippen LogP contribution in [0.4, 0.5) is 11.4 Å². The number of H-pyrrole nitrogens is 1. The lowest BCUT2D eigenvalue weighted by Gasteiger charge is -2.48. The minimum atomic E-state index is -0.172. The van der Waals surface area contributed by atoms with Crippen molar-refractivity contribution in [1.29, 1.82) is 0 Å². The summed E-state index contributed by atoms with van der Waals surface area (Å²) in [4.78, 5) is 21.4. The summed E-state index contributed by atoms with van der Waals surface area (Å²) < 4.78 is 0. The number of benzene rings is 3. The second-order valence-electron chi connectivity index (χ2n) is 7.86. The van der Waals surface area contributed by atoms with E-state index in [1.54, 1.807) is 0 Å². The topological polar surface area (TPSA) is 39.3 Å². The van der Waals surface area contributed by atoms with Crippen molar-refractivity contribution in [3.8, 4) is 0 Å². The van der Waals surface area contributed by atoms with Gasteiger partial charge in [-0.1, -0.05) is 48.5 Å². The SMILES string of the molecule is Cc1ccccc1N1c2ccccc2C(=O)N2CCc3c([nH]c4ccccc34)C21. The number of amides is 1. The van der Waals surface area contributed by atoms with Gasteiger partial charge in [-0.3, -0.25) is 4.79 Å². The fourth-order valence-corrected chi connectivity index (χ4v) is 4.95. The molecule has 4 nitrogen and oxygen atoms in total. The molecular formula is C25H21N3O. The van der Waals surface area contributed by atoms with Gasteiger partial charge in [-0.15, -0.1) is 0 Å². The van der Waals surface area contributed by atoms with Crippen LogP contribution < -0.4 is 4.90 Å². The summed E-state index contributed by atoms with van der Waals surface area (Å²) in [6.45, 7) is 2.85. The Balaban J connectivity index is 1.66. The van der Waals surface area contributed by atoms with Crippen LogP contribution in [0.1, 0.15) is 33.3 Å². The van der Waals surface area contributed by atoms with Crippen LogP contribution in [0, 0.1) is 6.92 Å². The van der Waals surface area contributed by atoms with Crippen LogP contribution in [0.15, 0.2) is 72.8 Å². The smallest absolute Gasteiger partial charge is 0.257 e. The van der Waals surface area contributed by atoms with Gasteiger partial charge in [0.05, 0.1) is 16.9 Å². The number of anilines is 2. The molecule has 4 heteroatoms. The Bertz CT molecular complexity index is 1270. The van der Waals surface area contributed by atoms with E-state index in [-0.39, 0.29) is 12.1 Å². The molecule has 0 spiro atoms. The normalized spacial score (nSPS) is 17.8. The summed E-state index contributed by atoms with van der Waals surface area (Å²) in [5, 5.41) is 1.26. The predicted molar refractivity (Wildman–Crippen MR) is 116 cm³/mol. The average molecular weight is 379 g/mol. The van der Waals surface area contributed by atoms with E-state index in [9.17, 15) is 4.79 Å². The van der Waals surface area contributed by atoms with E-state index in [0.29, 0.717) is 0 Å². The van der Waals surface area contributed by atoms with Crippen molar-refractivity contribution in [2.75, 3.05) is 11.4 Å². The van der Waals surface area contributed by atoms with E-state index in [4.69, 9.17) is 0 Å². The van der Waals surface area contributed by atoms with Crippen LogP contribution in [-0.4, -0.2) is 22.3 Å². The molecule has 1 unspecified atom stereocenters. The van der Waals surface area contributed by atoms with Crippen LogP contribution in [0.5, 0.6) is 0 Å². The van der Waals surface area contributed by atoms with Crippen molar-refractivity contribution in [3.63, 3.8) is 0 Å². The highest BCUT2D eigenvalue weighted by Crippen LogP contribution is 2.47. The Morgan fingerprint density at radius 3 is 2.48 bits per heavy atom. The van der Waals surface area contributed by atoms with Crippen molar-refractivity contribution < 1.29 is 4.79 Å². The van der Waals surface area contributed by atoms with Crippen molar-refractivity contribution >= 4 is 28.2 Å². The minimum absolute atomic E-state index is 0.111. The molecule has 3 aromatic carbocycles. The second kappa shape index (κ2) is 5.98. The molecule has 142 valence electrons. The first kappa shape index (κ1) is 16.4. The molecule has 0 saturated heterocycles. The first-order valence-electron chi connectivity index (χ1n) is 10.1. The first-order valence-corrected chi connectivity index (χ1v) is 10.1. The number of hydrogen-bond acceptors (Lipinski definition) is 2. The van der Waals surface area contributed by atoms with Gasteiger partial charge in [-0.05, 0) is 48.7 Å². The fraction of sp³-hybridized carbons (Fsp3) is 0.160. The lowest BCUT2D eigenvalue weighted by molar-refractivity contribution is 0.0642. The molecule has 1 aromatic heterocycles. The van der Waals surface area contributed by atoms with Gasteiger partial charge in [0.2, 0.25) is 0 Å². The Kier molecular flexibility index (Phi) is 3.39. The van der Waals surface area contributed by atoms with Crippen molar-refractivity contribution in [1.82, 2.24) is 9.88 Å². The quantitative estimate of drug-likeness (QED) is 0.486. The number of rotatable bonds is 1. The third-order valence-electron chi connectivity index (χ3n) is 6.28. The standard InChI is InChI=1S/C25H21N3O/c1-16-8-2-6-12-21(16)28-22-13-7-4-10-19(22)25(29)27-15-14-18-17-9-3-5-11-20(17)26-23(18)24(27)28/h2-13,24,26H,14-15H2,1H3. The number of aromatic amines is 1. The summed E-state index contributed by atoms with van der Waals surface area (Å²) in [5.74, 6) is 0.111. The molecular weight excluding hydrogens is 358 g/mol. The summed E-state index contributed by atoms with van der Waals surface area (Å²) in [6.07, 6.45) is 0.695. The lowest BCUT2D eigenvalue weighted by Crippen LogP contribution is -2.50. The maximum atomic E-state index is 13.4. The number of aryl methyl sites for hydroxylation is 1. The van der Waals surface area contributed by atoms with Crippen LogP contribution in [0.3, 0.4) is 0 Å². The molecule has 1 atom stereocenters. The highest BCUT2D eigenvalue weighted by Gasteiger charge is 2.43. The molecule has 4 aromatic rings. The van der Waals surface area contributed by atoms with E-state index in [1.807, 2.05) is 23.1 Å². The minimum Gasteiger partial charge on any atom is -0.355 e. The van der Waals surface area contributed by atoms with E-state index < -0.39 is 0 Å². The van der Waals surface area contributed by atoms with Gasteiger partial charge in [-0.2, -0.15) is 0 Å². The summed E-state index contributed by atoms with van der Waals surface area (Å²) in [7, 11) is 0. The monoisotopic (exact) mass is 379 g/mol. The molecule has 1 N–H and O–H groups in total. The number of nitrogens with zero attached hydrogens (tertiary/aromatic N) is 2. The number of nitrogens with one attached hydrogen (secondary N) is 1. The predicted octanol–water partition coefficient (Wildman–Crippen LogP) is 5.33. The average Bonchev–Trinajstić information content (AvgIpc) is 3.14. The molecule has 0 bridgehead atoms. The third-order valence-corrected chi connectivity index (χ3v) is 6.28. The van der Waals surface area contributed by atoms with Gasteiger partial charge in [0.25, 0.3) is 5.91 Å². The van der Waals surface area contributed by atoms with Gasteiger partial charge in [-0.25, -0.2) is 0 Å². The molecule has 3 heterocycles. The van der Waals surface area contributed by atoms with Gasteiger partial charge in [0.15, 0.2) is 6.17 Å². The van der Waals surface area contributed by atoms with E-state index >= 15 is 0 Å². The number of aromatic nitrogens is 1. The molecule has 0 aliphatic carbocycles. The molecule has 0 saturated carbocycles. The summed E-state index contributed by atoms with van der Waals surface area (Å²) in [5.41, 5.74) is 7.66. The highest BCUT2D eigenvalue weighted by atomic mass is 16.2. The number of para-hydroxylation sites is 3. The number of carbonyl (C=O) groups excluding carboxylic acids is 1. The van der Waals surface area contributed by atoms with Crippen LogP contribution in [0.2, 0.25) is 0 Å². The molecule has 6 rings (SSSR count). The second-order valence-corrected chi connectivity index (χ2v) is 7.86. The molecule has 1 amide bonds. The zero-order chi connectivity index (χ0) is 19.5. The highest BCUT2D eigenvalue weighted by molar-refractivity contribution is 6.04. The van der Waals surface area contributed by atoms with Crippen LogP contribution in [-0.2, 0) is 6.42 Å². The number of hydrogen-bond donors (Lipinski definition) is 1. The van der Waals surface area contributed by atoms with Crippen molar-refractivity contribution in [2.45, 2.75) is 19.5 Å². The third kappa shape index (κ3) is 2.23. The van der Waals surface area contributed by atoms with E-state index in [2.05, 4.69) is 71.4 Å². The zero-order valence-electron chi connectivity index (χ0n) is 16.2. The van der Waals surface area contributed by atoms with Gasteiger partial charge >= 0.3 is 0 Å². The Labute approximate surface area is 169 Å². The van der Waals surface area contributed by atoms with Crippen LogP contribution >= 0.6 is 0 Å². The van der Waals surface area contributed by atoms with Crippen molar-refractivity contribution in [2.24, 2.45) is 0 Å². The van der Waals surface area contributed by atoms with Gasteiger partial charge in [0, 0.05) is 23.1 Å². The summed E-state index contributed by atoms with van der Waals surface area (Å²) in [6, 6.07) is 24.8. The number of carbonyl (C=O) groups is 1. The molecule has 2 aliphatic rings. The molecule has 29 heavy (non-hydrogen) atoms. The van der Waals surface area contributed by atoms with Gasteiger partial charge < -0.3 is 14.8 Å². The largest absolute Gasteiger partial charge is 0.355 e. The molecule has 0 fully saturated rings. The van der Waals surface area contributed by atoms with Gasteiger partial charge in [0.1, 0.15) is 0 Å². The summed E-state index contributed by atoms with van der Waals surface area (Å²) >= 11 is 0. The first-order chi connectivity index (χ1) is 14.2. The van der Waals surface area contributed by atoms with E-state index in [0.717, 1.165) is 41.1 Å². The number of fused-ring (bicyclic) bond motifs is 6. The maximum Gasteiger partial charge on any atom is 0.257 e. The van der Waals surface area contributed by atoms with Crippen LogP contribution in [0.25, 0.3) is 10.9 Å². The Hall–Kier alpha value is -3.53. The molecule has 0 radical (unpaired) electrons. The Morgan fingerprint density at radius 2 is 1.62 bits per heavy atom. The molecule has 2 aliphatic heterocycles. The van der Waals surface area contributed by atoms with Crippen molar-refractivity contribution in [3.05, 3.63) is 95.2 Å². The fourth-order valence-electron chi connectivity index (χ4n) is 4.95. The zero-order valence-corrected chi connectivity index (χ0v) is 16.2.